The third-order valence-electron chi connectivity index (χ3n) is 2.79. The summed E-state index contributed by atoms with van der Waals surface area (Å²) in [6.07, 6.45) is 2.21. The van der Waals surface area contributed by atoms with Crippen molar-refractivity contribution in [3.8, 4) is 0 Å². The summed E-state index contributed by atoms with van der Waals surface area (Å²) in [5, 5.41) is 1.21. The summed E-state index contributed by atoms with van der Waals surface area (Å²) in [5.74, 6) is 1.61. The average molecular weight is 215 g/mol. The minimum Gasteiger partial charge on any atom is -0.232 e. The molecule has 2 rings (SSSR count). The zero-order chi connectivity index (χ0) is 11.7. The Morgan fingerprint density at radius 2 is 1.75 bits per heavy atom. The molecular weight excluding hydrogens is 196 g/mol. The van der Waals surface area contributed by atoms with Gasteiger partial charge in [0.2, 0.25) is 0 Å². The number of hydrogen-bond donors (Lipinski definition) is 0. The number of benzene rings is 1. The Morgan fingerprint density at radius 1 is 1.06 bits per heavy atom. The molecule has 0 saturated carbocycles. The molecule has 0 spiro atoms. The summed E-state index contributed by atoms with van der Waals surface area (Å²) in [6.45, 7) is 8.77. The number of rotatable bonds is 2. The predicted molar refractivity (Wildman–Crippen MR) is 66.4 cm³/mol. The molecule has 1 heterocycles. The van der Waals surface area contributed by atoms with E-state index in [1.807, 2.05) is 6.07 Å². The van der Waals surface area contributed by atoms with E-state index < -0.39 is 0 Å². The number of nitrogens with zero attached hydrogens (tertiary/aromatic N) is 2. The van der Waals surface area contributed by atoms with E-state index in [-0.39, 0.29) is 0 Å². The fourth-order valence-corrected chi connectivity index (χ4v) is 1.94. The van der Waals surface area contributed by atoms with Gasteiger partial charge in [0.05, 0.1) is 17.3 Å². The molecule has 16 heavy (non-hydrogen) atoms. The van der Waals surface area contributed by atoms with E-state index in [0.717, 1.165) is 11.3 Å². The van der Waals surface area contributed by atoms with Crippen LogP contribution in [-0.2, 0) is 0 Å². The molecule has 0 aliphatic rings. The van der Waals surface area contributed by atoms with E-state index in [1.165, 1.54) is 5.39 Å². The molecule has 2 heteroatoms. The highest BCUT2D eigenvalue weighted by molar-refractivity contribution is 5.76. The maximum absolute atomic E-state index is 4.76. The van der Waals surface area contributed by atoms with E-state index in [2.05, 4.69) is 56.7 Å². The molecule has 1 aromatic carbocycles. The van der Waals surface area contributed by atoms with Crippen LogP contribution in [0.25, 0.3) is 10.9 Å². The molecule has 0 saturated heterocycles. The molecule has 1 aromatic heterocycles. The Morgan fingerprint density at radius 3 is 2.38 bits per heavy atom. The summed E-state index contributed by atoms with van der Waals surface area (Å²) >= 11 is 0. The second-order valence-corrected chi connectivity index (χ2v) is 4.81. The molecule has 0 amide bonds. The summed E-state index contributed by atoms with van der Waals surface area (Å²) in [5.41, 5.74) is 1.09. The first kappa shape index (κ1) is 11.1. The van der Waals surface area contributed by atoms with Crippen LogP contribution >= 0.6 is 0 Å². The maximum Gasteiger partial charge on any atom is 0.301 e. The number of fused-ring (bicyclic) bond motifs is 1. The lowest BCUT2D eigenvalue weighted by Gasteiger charge is -2.10. The highest BCUT2D eigenvalue weighted by Crippen LogP contribution is 2.15. The lowest BCUT2D eigenvalue weighted by molar-refractivity contribution is -0.725. The van der Waals surface area contributed by atoms with Gasteiger partial charge in [0.1, 0.15) is 6.20 Å². The first-order valence-electron chi connectivity index (χ1n) is 5.90. The van der Waals surface area contributed by atoms with Gasteiger partial charge in [-0.1, -0.05) is 26.0 Å². The van der Waals surface area contributed by atoms with Gasteiger partial charge in [-0.3, -0.25) is 0 Å². The Labute approximate surface area is 97.0 Å². The molecule has 2 aromatic rings. The quantitative estimate of drug-likeness (QED) is 0.703. The van der Waals surface area contributed by atoms with Crippen LogP contribution in [0.2, 0.25) is 0 Å². The summed E-state index contributed by atoms with van der Waals surface area (Å²) < 4.78 is 2.27. The topological polar surface area (TPSA) is 16.8 Å². The van der Waals surface area contributed by atoms with Crippen LogP contribution in [0, 0.1) is 0 Å². The zero-order valence-electron chi connectivity index (χ0n) is 10.4. The van der Waals surface area contributed by atoms with Gasteiger partial charge in [0.15, 0.2) is 5.52 Å². The Kier molecular flexibility index (Phi) is 2.90. The highest BCUT2D eigenvalue weighted by atomic mass is 15.1. The van der Waals surface area contributed by atoms with Gasteiger partial charge in [-0.15, -0.1) is 0 Å². The molecule has 0 unspecified atom stereocenters. The largest absolute Gasteiger partial charge is 0.301 e. The normalized spacial score (nSPS) is 11.6. The van der Waals surface area contributed by atoms with Gasteiger partial charge in [-0.25, -0.2) is 4.57 Å². The van der Waals surface area contributed by atoms with Crippen LogP contribution in [0.1, 0.15) is 45.5 Å². The molecule has 0 aliphatic carbocycles. The van der Waals surface area contributed by atoms with E-state index >= 15 is 0 Å². The van der Waals surface area contributed by atoms with Crippen molar-refractivity contribution in [2.45, 2.75) is 39.7 Å². The second kappa shape index (κ2) is 4.20. The van der Waals surface area contributed by atoms with Crippen molar-refractivity contribution in [3.05, 3.63) is 36.3 Å². The van der Waals surface area contributed by atoms with Crippen molar-refractivity contribution in [1.29, 1.82) is 0 Å². The minimum atomic E-state index is 0.451. The molecule has 0 radical (unpaired) electrons. The molecule has 0 atom stereocenters. The summed E-state index contributed by atoms with van der Waals surface area (Å²) in [4.78, 5) is 4.76. The molecule has 0 N–H and O–H groups in total. The van der Waals surface area contributed by atoms with E-state index in [4.69, 9.17) is 4.98 Å². The zero-order valence-corrected chi connectivity index (χ0v) is 10.4. The Hall–Kier alpha value is -1.44. The van der Waals surface area contributed by atoms with Gasteiger partial charge in [-0.2, -0.15) is 0 Å². The number of hydrogen-bond acceptors (Lipinski definition) is 1. The summed E-state index contributed by atoms with van der Waals surface area (Å²) in [7, 11) is 0. The fourth-order valence-electron chi connectivity index (χ4n) is 1.94. The maximum atomic E-state index is 4.76. The van der Waals surface area contributed by atoms with Crippen LogP contribution in [-0.4, -0.2) is 4.98 Å². The van der Waals surface area contributed by atoms with Crippen LogP contribution < -0.4 is 4.57 Å². The van der Waals surface area contributed by atoms with Gasteiger partial charge >= 0.3 is 5.82 Å². The molecular formula is C14H19N2+. The van der Waals surface area contributed by atoms with E-state index in [0.29, 0.717) is 12.0 Å². The van der Waals surface area contributed by atoms with Crippen LogP contribution in [0.15, 0.2) is 30.5 Å². The smallest absolute Gasteiger partial charge is 0.232 e. The van der Waals surface area contributed by atoms with Crippen LogP contribution in [0.3, 0.4) is 0 Å². The standard InChI is InChI=1S/C14H19N2/c1-10(2)14-15-13-8-6-5-7-12(13)9-16(14)11(3)4/h5-11H,1-4H3/q+1. The summed E-state index contributed by atoms with van der Waals surface area (Å²) in [6, 6.07) is 8.74. The van der Waals surface area contributed by atoms with Crippen molar-refractivity contribution < 1.29 is 4.57 Å². The Bertz CT molecular complexity index is 455. The average Bonchev–Trinajstić information content (AvgIpc) is 2.27. The Balaban J connectivity index is 2.71. The minimum absolute atomic E-state index is 0.451. The van der Waals surface area contributed by atoms with Crippen molar-refractivity contribution in [1.82, 2.24) is 4.98 Å². The van der Waals surface area contributed by atoms with E-state index in [1.54, 1.807) is 0 Å². The molecule has 0 aliphatic heterocycles. The van der Waals surface area contributed by atoms with Crippen LogP contribution in [0.5, 0.6) is 0 Å². The van der Waals surface area contributed by atoms with Gasteiger partial charge in [-0.05, 0) is 31.0 Å². The van der Waals surface area contributed by atoms with E-state index in [9.17, 15) is 0 Å². The molecule has 0 bridgehead atoms. The first-order chi connectivity index (χ1) is 7.59. The SMILES string of the molecule is CC(C)c1nc2ccccc2c[n+]1C(C)C. The molecule has 2 nitrogen and oxygen atoms in total. The lowest BCUT2D eigenvalue weighted by atomic mass is 10.1. The van der Waals surface area contributed by atoms with Gasteiger partial charge in [0, 0.05) is 0 Å². The number of para-hydroxylation sites is 1. The lowest BCUT2D eigenvalue weighted by Crippen LogP contribution is -2.42. The third kappa shape index (κ3) is 1.92. The number of aromatic nitrogens is 2. The van der Waals surface area contributed by atoms with Crippen molar-refractivity contribution in [2.24, 2.45) is 0 Å². The molecule has 0 fully saturated rings. The highest BCUT2D eigenvalue weighted by Gasteiger charge is 2.20. The van der Waals surface area contributed by atoms with Crippen LogP contribution in [0.4, 0.5) is 0 Å². The van der Waals surface area contributed by atoms with Crippen molar-refractivity contribution >= 4 is 10.9 Å². The monoisotopic (exact) mass is 215 g/mol. The van der Waals surface area contributed by atoms with Crippen molar-refractivity contribution in [2.75, 3.05) is 0 Å². The fraction of sp³-hybridized carbons (Fsp3) is 0.429. The van der Waals surface area contributed by atoms with Crippen molar-refractivity contribution in [3.63, 3.8) is 0 Å². The third-order valence-corrected chi connectivity index (χ3v) is 2.79. The predicted octanol–water partition coefficient (Wildman–Crippen LogP) is 3.23. The second-order valence-electron chi connectivity index (χ2n) is 4.81. The van der Waals surface area contributed by atoms with Gasteiger partial charge < -0.3 is 0 Å². The first-order valence-corrected chi connectivity index (χ1v) is 5.90. The van der Waals surface area contributed by atoms with Gasteiger partial charge in [0.25, 0.3) is 0 Å². The molecule has 84 valence electrons.